The fourth-order valence-electron chi connectivity index (χ4n) is 3.78. The minimum Gasteiger partial charge on any atom is -0.391 e. The van der Waals surface area contributed by atoms with Gasteiger partial charge in [-0.25, -0.2) is 0 Å². The maximum Gasteiger partial charge on any atom is 0.251 e. The minimum absolute atomic E-state index is 0.244. The van der Waals surface area contributed by atoms with E-state index >= 15 is 0 Å². The number of carbonyl (C=O) groups is 1. The van der Waals surface area contributed by atoms with E-state index in [1.165, 1.54) is 5.56 Å². The number of rotatable bonds is 8. The van der Waals surface area contributed by atoms with Crippen LogP contribution < -0.4 is 16.1 Å². The van der Waals surface area contributed by atoms with E-state index in [9.17, 15) is 4.79 Å². The topological polar surface area (TPSA) is 54.0 Å². The number of nitrogens with zero attached hydrogens (tertiary/aromatic N) is 1. The van der Waals surface area contributed by atoms with Gasteiger partial charge in [-0.1, -0.05) is 48.0 Å². The number of allylic oxidation sites excluding steroid dienone is 2. The first-order chi connectivity index (χ1) is 15.7. The number of aromatic nitrogens is 1. The van der Waals surface area contributed by atoms with E-state index in [2.05, 4.69) is 53.9 Å². The van der Waals surface area contributed by atoms with E-state index in [1.54, 1.807) is 6.08 Å². The number of fused-ring (bicyclic) bond motifs is 1. The third-order valence-corrected chi connectivity index (χ3v) is 5.63. The third kappa shape index (κ3) is 6.01. The summed E-state index contributed by atoms with van der Waals surface area (Å²) in [6.45, 7) is 14.3. The van der Waals surface area contributed by atoms with Gasteiger partial charge in [0.25, 0.3) is 5.91 Å². The molecule has 3 rings (SSSR count). The fraction of sp³-hybridized carbons (Fsp3) is 0.214. The highest BCUT2D eigenvalue weighted by Crippen LogP contribution is 2.18. The van der Waals surface area contributed by atoms with Crippen LogP contribution in [0.1, 0.15) is 34.7 Å². The lowest BCUT2D eigenvalue weighted by Crippen LogP contribution is -2.27. The normalized spacial score (nSPS) is 11.3. The second kappa shape index (κ2) is 10.3. The molecule has 0 unspecified atom stereocenters. The largest absolute Gasteiger partial charge is 0.391 e. The monoisotopic (exact) mass is 435 g/mol. The number of hydrogen-bond donors (Lipinski definition) is 2. The van der Waals surface area contributed by atoms with Crippen molar-refractivity contribution < 1.29 is 4.79 Å². The number of aryl methyl sites for hydroxylation is 2. The van der Waals surface area contributed by atoms with Crippen molar-refractivity contribution >= 4 is 35.7 Å². The van der Waals surface area contributed by atoms with Crippen LogP contribution in [0, 0.1) is 13.8 Å². The van der Waals surface area contributed by atoms with E-state index in [-0.39, 0.29) is 5.91 Å². The van der Waals surface area contributed by atoms with Crippen LogP contribution >= 0.6 is 0 Å². The summed E-state index contributed by atoms with van der Waals surface area (Å²) in [7, 11) is 7.99. The molecule has 0 saturated carbocycles. The zero-order valence-electron chi connectivity index (χ0n) is 19.9. The van der Waals surface area contributed by atoms with Gasteiger partial charge in [-0.3, -0.25) is 9.78 Å². The van der Waals surface area contributed by atoms with Crippen LogP contribution in [0.2, 0.25) is 0 Å². The van der Waals surface area contributed by atoms with Crippen molar-refractivity contribution in [1.82, 2.24) is 15.6 Å². The average Bonchev–Trinajstić information content (AvgIpc) is 2.77. The van der Waals surface area contributed by atoms with Gasteiger partial charge < -0.3 is 10.6 Å². The van der Waals surface area contributed by atoms with E-state index in [4.69, 9.17) is 7.85 Å². The highest BCUT2D eigenvalue weighted by Gasteiger charge is 2.10. The first-order valence-electron chi connectivity index (χ1n) is 10.9. The van der Waals surface area contributed by atoms with Crippen LogP contribution in [-0.2, 0) is 17.8 Å². The SMILES string of the molecule is [B]c1cc(C)c(C(=C)C)cc1CNC(=O)C(=C)/C=C(/Cc1cnc2ccc(C)cc2c1)NC. The minimum atomic E-state index is -0.244. The quantitative estimate of drug-likeness (QED) is 0.317. The molecule has 0 fully saturated rings. The average molecular weight is 435 g/mol. The van der Waals surface area contributed by atoms with Crippen molar-refractivity contribution in [3.05, 3.63) is 101 Å². The van der Waals surface area contributed by atoms with Gasteiger partial charge in [-0.15, -0.1) is 0 Å². The van der Waals surface area contributed by atoms with Crippen molar-refractivity contribution in [1.29, 1.82) is 0 Å². The van der Waals surface area contributed by atoms with Gasteiger partial charge in [0, 0.05) is 42.9 Å². The Morgan fingerprint density at radius 2 is 1.91 bits per heavy atom. The Bertz CT molecular complexity index is 1270. The Morgan fingerprint density at radius 1 is 1.15 bits per heavy atom. The van der Waals surface area contributed by atoms with Crippen LogP contribution in [0.5, 0.6) is 0 Å². The molecule has 4 nitrogen and oxygen atoms in total. The van der Waals surface area contributed by atoms with E-state index in [0.29, 0.717) is 24.0 Å². The smallest absolute Gasteiger partial charge is 0.251 e. The number of likely N-dealkylation sites (N-methyl/N-ethyl adjacent to an activating group) is 1. The molecule has 3 aromatic rings. The summed E-state index contributed by atoms with van der Waals surface area (Å²) in [6.07, 6.45) is 4.26. The standard InChI is InChI=1S/C28H30BN3O/c1-17(2)25-14-23(26(29)11-19(25)4)16-32-28(33)20(5)10-24(30-6)13-21-12-22-9-18(3)7-8-27(22)31-15-21/h7-12,14-15,30H,1,5,13,16H2,2-4,6H3,(H,32,33)/b24-10-. The molecular weight excluding hydrogens is 405 g/mol. The molecular formula is C28H30BN3O. The molecule has 0 atom stereocenters. The van der Waals surface area contributed by atoms with Gasteiger partial charge in [-0.2, -0.15) is 0 Å². The molecule has 0 aliphatic heterocycles. The summed E-state index contributed by atoms with van der Waals surface area (Å²) in [4.78, 5) is 17.2. The van der Waals surface area contributed by atoms with E-state index in [1.807, 2.05) is 45.3 Å². The Morgan fingerprint density at radius 3 is 2.61 bits per heavy atom. The van der Waals surface area contributed by atoms with Crippen LogP contribution in [0.3, 0.4) is 0 Å². The number of pyridine rings is 1. The number of hydrogen-bond acceptors (Lipinski definition) is 3. The van der Waals surface area contributed by atoms with Crippen LogP contribution in [0.25, 0.3) is 16.5 Å². The molecule has 2 radical (unpaired) electrons. The first kappa shape index (κ1) is 24.1. The van der Waals surface area contributed by atoms with Gasteiger partial charge in [0.2, 0.25) is 0 Å². The van der Waals surface area contributed by atoms with Gasteiger partial charge in [0.15, 0.2) is 0 Å². The second-order valence-corrected chi connectivity index (χ2v) is 8.49. The number of carbonyl (C=O) groups excluding carboxylic acids is 1. The summed E-state index contributed by atoms with van der Waals surface area (Å²) in [5.74, 6) is -0.244. The van der Waals surface area contributed by atoms with Crippen LogP contribution in [-0.4, -0.2) is 25.8 Å². The Labute approximate surface area is 197 Å². The number of amides is 1. The third-order valence-electron chi connectivity index (χ3n) is 5.63. The Kier molecular flexibility index (Phi) is 7.54. The predicted molar refractivity (Wildman–Crippen MR) is 140 cm³/mol. The molecule has 5 heteroatoms. The van der Waals surface area contributed by atoms with Crippen molar-refractivity contribution in [2.45, 2.75) is 33.7 Å². The fourth-order valence-corrected chi connectivity index (χ4v) is 3.78. The molecule has 166 valence electrons. The summed E-state index contributed by atoms with van der Waals surface area (Å²) >= 11 is 0. The van der Waals surface area contributed by atoms with E-state index < -0.39 is 0 Å². The van der Waals surface area contributed by atoms with Gasteiger partial charge in [-0.05, 0) is 67.3 Å². The first-order valence-corrected chi connectivity index (χ1v) is 10.9. The summed E-state index contributed by atoms with van der Waals surface area (Å²) in [6, 6.07) is 12.2. The Balaban J connectivity index is 1.69. The summed E-state index contributed by atoms with van der Waals surface area (Å²) in [5, 5.41) is 7.18. The van der Waals surface area contributed by atoms with Gasteiger partial charge in [0.05, 0.1) is 5.52 Å². The lowest BCUT2D eigenvalue weighted by Gasteiger charge is -2.14. The molecule has 2 aromatic carbocycles. The van der Waals surface area contributed by atoms with Crippen LogP contribution in [0.15, 0.2) is 73.1 Å². The molecule has 0 aliphatic rings. The molecule has 1 heterocycles. The van der Waals surface area contributed by atoms with Crippen LogP contribution in [0.4, 0.5) is 0 Å². The second-order valence-electron chi connectivity index (χ2n) is 8.49. The van der Waals surface area contributed by atoms with Gasteiger partial charge in [0.1, 0.15) is 7.85 Å². The number of benzene rings is 2. The highest BCUT2D eigenvalue weighted by atomic mass is 16.1. The van der Waals surface area contributed by atoms with Crippen molar-refractivity contribution in [2.75, 3.05) is 7.05 Å². The number of nitrogens with one attached hydrogen (secondary N) is 2. The van der Waals surface area contributed by atoms with Crippen molar-refractivity contribution in [3.63, 3.8) is 0 Å². The van der Waals surface area contributed by atoms with Crippen molar-refractivity contribution in [3.8, 4) is 0 Å². The summed E-state index contributed by atoms with van der Waals surface area (Å²) < 4.78 is 0. The maximum atomic E-state index is 12.7. The van der Waals surface area contributed by atoms with Crippen molar-refractivity contribution in [2.24, 2.45) is 0 Å². The lowest BCUT2D eigenvalue weighted by atomic mass is 9.85. The predicted octanol–water partition coefficient (Wildman–Crippen LogP) is 4.20. The molecule has 2 N–H and O–H groups in total. The molecule has 0 spiro atoms. The Hall–Kier alpha value is -3.60. The molecule has 0 aliphatic carbocycles. The zero-order chi connectivity index (χ0) is 24.1. The molecule has 33 heavy (non-hydrogen) atoms. The molecule has 1 amide bonds. The zero-order valence-corrected chi connectivity index (χ0v) is 19.9. The van der Waals surface area contributed by atoms with Gasteiger partial charge >= 0.3 is 0 Å². The molecule has 0 bridgehead atoms. The maximum absolute atomic E-state index is 12.7. The van der Waals surface area contributed by atoms with E-state index in [0.717, 1.165) is 44.4 Å². The summed E-state index contributed by atoms with van der Waals surface area (Å²) in [5.41, 5.74) is 9.05. The highest BCUT2D eigenvalue weighted by molar-refractivity contribution is 6.33. The molecule has 1 aromatic heterocycles. The lowest BCUT2D eigenvalue weighted by molar-refractivity contribution is -0.117. The molecule has 0 saturated heterocycles.